The van der Waals surface area contributed by atoms with Crippen LogP contribution < -0.4 is 0 Å². The summed E-state index contributed by atoms with van der Waals surface area (Å²) in [5, 5.41) is 8.77. The molecule has 0 aromatic heterocycles. The fraction of sp³-hybridized carbons (Fsp3) is 0.923. The van der Waals surface area contributed by atoms with Crippen LogP contribution in [-0.2, 0) is 4.79 Å². The summed E-state index contributed by atoms with van der Waals surface area (Å²) in [5.41, 5.74) is 0. The third-order valence-electron chi connectivity index (χ3n) is 3.62. The molecule has 1 N–H and O–H groups in total. The van der Waals surface area contributed by atoms with Crippen molar-refractivity contribution >= 4 is 5.97 Å². The molecular formula is C13H25NO2. The third-order valence-corrected chi connectivity index (χ3v) is 3.62. The fourth-order valence-corrected chi connectivity index (χ4v) is 2.79. The molecule has 0 saturated heterocycles. The van der Waals surface area contributed by atoms with Crippen LogP contribution in [0.15, 0.2) is 0 Å². The summed E-state index contributed by atoms with van der Waals surface area (Å²) in [6.45, 7) is 7.34. The summed E-state index contributed by atoms with van der Waals surface area (Å²) in [6.07, 6.45) is 5.37. The zero-order chi connectivity index (χ0) is 12.1. The number of carboxylic acids is 1. The van der Waals surface area contributed by atoms with Crippen LogP contribution in [0.1, 0.15) is 52.9 Å². The molecule has 0 aromatic rings. The second-order valence-electron chi connectivity index (χ2n) is 5.40. The number of nitrogens with zero attached hydrogens (tertiary/aromatic N) is 1. The Morgan fingerprint density at radius 2 is 2.12 bits per heavy atom. The van der Waals surface area contributed by atoms with E-state index in [1.54, 1.807) is 0 Å². The molecule has 3 heteroatoms. The standard InChI is InChI=1S/C13H25NO2/c1-10(2)14(8-7-13(15)16)12-6-4-5-11(3)9-12/h10-12H,4-9H2,1-3H3,(H,15,16). The van der Waals surface area contributed by atoms with Crippen molar-refractivity contribution in [3.05, 3.63) is 0 Å². The maximum atomic E-state index is 10.6. The second kappa shape index (κ2) is 6.24. The van der Waals surface area contributed by atoms with E-state index in [2.05, 4.69) is 25.7 Å². The van der Waals surface area contributed by atoms with Gasteiger partial charge in [0.25, 0.3) is 0 Å². The van der Waals surface area contributed by atoms with E-state index >= 15 is 0 Å². The lowest BCUT2D eigenvalue weighted by atomic mass is 9.85. The molecule has 1 aliphatic rings. The molecule has 2 unspecified atom stereocenters. The fourth-order valence-electron chi connectivity index (χ4n) is 2.79. The Morgan fingerprint density at radius 3 is 2.62 bits per heavy atom. The average molecular weight is 227 g/mol. The lowest BCUT2D eigenvalue weighted by Gasteiger charge is -2.39. The number of hydrogen-bond acceptors (Lipinski definition) is 2. The van der Waals surface area contributed by atoms with Gasteiger partial charge in [-0.1, -0.05) is 19.8 Å². The van der Waals surface area contributed by atoms with Gasteiger partial charge in [0.2, 0.25) is 0 Å². The lowest BCUT2D eigenvalue weighted by molar-refractivity contribution is -0.137. The molecule has 3 nitrogen and oxygen atoms in total. The average Bonchev–Trinajstić information content (AvgIpc) is 2.17. The van der Waals surface area contributed by atoms with Crippen molar-refractivity contribution in [2.75, 3.05) is 6.54 Å². The first-order chi connectivity index (χ1) is 7.50. The number of rotatable bonds is 5. The van der Waals surface area contributed by atoms with E-state index in [-0.39, 0.29) is 6.42 Å². The summed E-state index contributed by atoms with van der Waals surface area (Å²) in [5.74, 6) is 0.110. The minimum atomic E-state index is -0.686. The number of hydrogen-bond donors (Lipinski definition) is 1. The molecule has 1 aliphatic carbocycles. The van der Waals surface area contributed by atoms with E-state index < -0.39 is 5.97 Å². The highest BCUT2D eigenvalue weighted by atomic mass is 16.4. The molecule has 2 atom stereocenters. The highest BCUT2D eigenvalue weighted by molar-refractivity contribution is 5.66. The molecule has 0 heterocycles. The number of aliphatic carboxylic acids is 1. The van der Waals surface area contributed by atoms with Gasteiger partial charge in [-0.25, -0.2) is 0 Å². The van der Waals surface area contributed by atoms with Crippen LogP contribution in [0.25, 0.3) is 0 Å². The molecule has 94 valence electrons. The van der Waals surface area contributed by atoms with Crippen LogP contribution in [-0.4, -0.2) is 34.6 Å². The van der Waals surface area contributed by atoms with E-state index in [9.17, 15) is 4.79 Å². The van der Waals surface area contributed by atoms with Crippen LogP contribution in [0.4, 0.5) is 0 Å². The van der Waals surface area contributed by atoms with Crippen molar-refractivity contribution in [3.63, 3.8) is 0 Å². The molecule has 0 bridgehead atoms. The molecule has 0 aliphatic heterocycles. The van der Waals surface area contributed by atoms with Crippen molar-refractivity contribution in [2.24, 2.45) is 5.92 Å². The SMILES string of the molecule is CC1CCCC(N(CCC(=O)O)C(C)C)C1. The van der Waals surface area contributed by atoms with Gasteiger partial charge < -0.3 is 5.11 Å². The van der Waals surface area contributed by atoms with Gasteiger partial charge in [0.1, 0.15) is 0 Å². The maximum Gasteiger partial charge on any atom is 0.304 e. The minimum Gasteiger partial charge on any atom is -0.481 e. The van der Waals surface area contributed by atoms with Crippen molar-refractivity contribution in [1.29, 1.82) is 0 Å². The molecule has 1 rings (SSSR count). The van der Waals surface area contributed by atoms with Gasteiger partial charge in [0.05, 0.1) is 6.42 Å². The van der Waals surface area contributed by atoms with Crippen LogP contribution in [0.3, 0.4) is 0 Å². The van der Waals surface area contributed by atoms with Crippen molar-refractivity contribution in [1.82, 2.24) is 4.90 Å². The van der Waals surface area contributed by atoms with Gasteiger partial charge in [-0.2, -0.15) is 0 Å². The summed E-state index contributed by atoms with van der Waals surface area (Å²) >= 11 is 0. The zero-order valence-corrected chi connectivity index (χ0v) is 10.8. The smallest absolute Gasteiger partial charge is 0.304 e. The van der Waals surface area contributed by atoms with Gasteiger partial charge in [-0.3, -0.25) is 9.69 Å². The molecule has 0 amide bonds. The summed E-state index contributed by atoms with van der Waals surface area (Å²) < 4.78 is 0. The minimum absolute atomic E-state index is 0.267. The van der Waals surface area contributed by atoms with E-state index in [0.717, 1.165) is 5.92 Å². The molecular weight excluding hydrogens is 202 g/mol. The monoisotopic (exact) mass is 227 g/mol. The molecule has 1 saturated carbocycles. The first-order valence-corrected chi connectivity index (χ1v) is 6.48. The molecule has 1 fully saturated rings. The van der Waals surface area contributed by atoms with Gasteiger partial charge in [0, 0.05) is 18.6 Å². The summed E-state index contributed by atoms with van der Waals surface area (Å²) in [6, 6.07) is 1.05. The highest BCUT2D eigenvalue weighted by Crippen LogP contribution is 2.28. The Bertz CT molecular complexity index is 228. The maximum absolute atomic E-state index is 10.6. The quantitative estimate of drug-likeness (QED) is 0.785. The summed E-state index contributed by atoms with van der Waals surface area (Å²) in [7, 11) is 0. The number of carboxylic acid groups (broad SMARTS) is 1. The third kappa shape index (κ3) is 4.12. The topological polar surface area (TPSA) is 40.5 Å². The van der Waals surface area contributed by atoms with Gasteiger partial charge in [0.15, 0.2) is 0 Å². The largest absolute Gasteiger partial charge is 0.481 e. The first kappa shape index (κ1) is 13.5. The van der Waals surface area contributed by atoms with E-state index in [4.69, 9.17) is 5.11 Å². The van der Waals surface area contributed by atoms with Gasteiger partial charge >= 0.3 is 5.97 Å². The van der Waals surface area contributed by atoms with Crippen molar-refractivity contribution in [2.45, 2.75) is 65.0 Å². The lowest BCUT2D eigenvalue weighted by Crippen LogP contribution is -2.43. The second-order valence-corrected chi connectivity index (χ2v) is 5.40. The van der Waals surface area contributed by atoms with Crippen molar-refractivity contribution in [3.8, 4) is 0 Å². The Labute approximate surface area is 98.8 Å². The number of carbonyl (C=O) groups is 1. The predicted molar refractivity (Wildman–Crippen MR) is 65.5 cm³/mol. The van der Waals surface area contributed by atoms with E-state index in [0.29, 0.717) is 18.6 Å². The molecule has 16 heavy (non-hydrogen) atoms. The summed E-state index contributed by atoms with van der Waals surface area (Å²) in [4.78, 5) is 13.0. The Balaban J connectivity index is 2.51. The van der Waals surface area contributed by atoms with Crippen LogP contribution in [0.2, 0.25) is 0 Å². The van der Waals surface area contributed by atoms with Crippen LogP contribution >= 0.6 is 0 Å². The molecule has 0 aromatic carbocycles. The van der Waals surface area contributed by atoms with Crippen molar-refractivity contribution < 1.29 is 9.90 Å². The normalized spacial score (nSPS) is 26.3. The first-order valence-electron chi connectivity index (χ1n) is 6.48. The van der Waals surface area contributed by atoms with Gasteiger partial charge in [-0.15, -0.1) is 0 Å². The van der Waals surface area contributed by atoms with E-state index in [1.165, 1.54) is 25.7 Å². The van der Waals surface area contributed by atoms with Crippen LogP contribution in [0.5, 0.6) is 0 Å². The molecule has 0 spiro atoms. The van der Waals surface area contributed by atoms with Gasteiger partial charge in [-0.05, 0) is 32.6 Å². The predicted octanol–water partition coefficient (Wildman–Crippen LogP) is 2.75. The Kier molecular flexibility index (Phi) is 5.26. The molecule has 0 radical (unpaired) electrons. The van der Waals surface area contributed by atoms with E-state index in [1.807, 2.05) is 0 Å². The Morgan fingerprint density at radius 1 is 1.44 bits per heavy atom. The zero-order valence-electron chi connectivity index (χ0n) is 10.8. The Hall–Kier alpha value is -0.570. The highest BCUT2D eigenvalue weighted by Gasteiger charge is 2.26. The van der Waals surface area contributed by atoms with Crippen LogP contribution in [0, 0.1) is 5.92 Å².